The summed E-state index contributed by atoms with van der Waals surface area (Å²) in [6, 6.07) is 13.4. The molecule has 0 spiro atoms. The van der Waals surface area contributed by atoms with E-state index in [-0.39, 0.29) is 11.8 Å². The average molecular weight is 426 g/mol. The molecule has 1 N–H and O–H groups in total. The van der Waals surface area contributed by atoms with Gasteiger partial charge in [-0.15, -0.1) is 0 Å². The number of halogens is 1. The van der Waals surface area contributed by atoms with Crippen LogP contribution in [0.4, 0.5) is 5.69 Å². The molecule has 30 heavy (non-hydrogen) atoms. The maximum absolute atomic E-state index is 12.8. The molecule has 2 aromatic rings. The van der Waals surface area contributed by atoms with Crippen molar-refractivity contribution >= 4 is 29.1 Å². The number of likely N-dealkylation sites (tertiary alicyclic amines) is 1. The summed E-state index contributed by atoms with van der Waals surface area (Å²) < 4.78 is 0. The smallest absolute Gasteiger partial charge is 0.251 e. The summed E-state index contributed by atoms with van der Waals surface area (Å²) in [7, 11) is 0. The molecule has 0 saturated carbocycles. The summed E-state index contributed by atoms with van der Waals surface area (Å²) >= 11 is 6.30. The quantitative estimate of drug-likeness (QED) is 0.747. The molecule has 2 fully saturated rings. The molecule has 2 heterocycles. The molecule has 5 nitrogen and oxygen atoms in total. The number of benzene rings is 2. The molecule has 0 aromatic heterocycles. The predicted molar refractivity (Wildman–Crippen MR) is 120 cm³/mol. The van der Waals surface area contributed by atoms with Crippen LogP contribution in [0.1, 0.15) is 53.6 Å². The number of piperidine rings is 1. The fourth-order valence-corrected chi connectivity index (χ4v) is 4.50. The summed E-state index contributed by atoms with van der Waals surface area (Å²) in [4.78, 5) is 29.1. The molecule has 2 aromatic carbocycles. The van der Waals surface area contributed by atoms with E-state index in [1.807, 2.05) is 6.07 Å². The Morgan fingerprint density at radius 3 is 2.47 bits per heavy atom. The Balaban J connectivity index is 1.43. The van der Waals surface area contributed by atoms with Crippen molar-refractivity contribution in [2.75, 3.05) is 24.5 Å². The first-order valence-electron chi connectivity index (χ1n) is 10.8. The fourth-order valence-electron chi connectivity index (χ4n) is 4.28. The second kappa shape index (κ2) is 9.63. The van der Waals surface area contributed by atoms with Crippen molar-refractivity contribution in [1.29, 1.82) is 0 Å². The number of hydrogen-bond donors (Lipinski definition) is 1. The predicted octanol–water partition coefficient (Wildman–Crippen LogP) is 4.38. The second-order valence-electron chi connectivity index (χ2n) is 8.10. The van der Waals surface area contributed by atoms with Crippen LogP contribution >= 0.6 is 11.6 Å². The molecule has 4 rings (SSSR count). The third-order valence-electron chi connectivity index (χ3n) is 5.97. The van der Waals surface area contributed by atoms with Gasteiger partial charge < -0.3 is 10.2 Å². The van der Waals surface area contributed by atoms with Crippen molar-refractivity contribution in [3.63, 3.8) is 0 Å². The minimum atomic E-state index is -0.160. The molecule has 158 valence electrons. The van der Waals surface area contributed by atoms with Gasteiger partial charge in [-0.3, -0.25) is 14.5 Å². The van der Waals surface area contributed by atoms with Gasteiger partial charge in [0.1, 0.15) is 0 Å². The first kappa shape index (κ1) is 20.9. The lowest BCUT2D eigenvalue weighted by Crippen LogP contribution is -2.30. The second-order valence-corrected chi connectivity index (χ2v) is 8.51. The van der Waals surface area contributed by atoms with E-state index in [9.17, 15) is 9.59 Å². The van der Waals surface area contributed by atoms with E-state index >= 15 is 0 Å². The summed E-state index contributed by atoms with van der Waals surface area (Å²) in [5, 5.41) is 3.53. The normalized spacial score (nSPS) is 17.4. The molecule has 0 atom stereocenters. The molecule has 0 radical (unpaired) electrons. The van der Waals surface area contributed by atoms with Crippen LogP contribution in [0.5, 0.6) is 0 Å². The SMILES string of the molecule is O=C(NCc1ccccc1CN1CCCCC1)c1ccc(Cl)c(N2CCCC2=O)c1. The Kier molecular flexibility index (Phi) is 6.70. The van der Waals surface area contributed by atoms with E-state index in [2.05, 4.69) is 28.4 Å². The van der Waals surface area contributed by atoms with Crippen molar-refractivity contribution < 1.29 is 9.59 Å². The van der Waals surface area contributed by atoms with Crippen LogP contribution in [-0.4, -0.2) is 36.3 Å². The van der Waals surface area contributed by atoms with Crippen LogP contribution in [0.15, 0.2) is 42.5 Å². The average Bonchev–Trinajstić information content (AvgIpc) is 3.19. The number of amides is 2. The Morgan fingerprint density at radius 2 is 1.73 bits per heavy atom. The van der Waals surface area contributed by atoms with E-state index in [0.29, 0.717) is 35.8 Å². The van der Waals surface area contributed by atoms with Crippen molar-refractivity contribution in [2.24, 2.45) is 0 Å². The molecule has 2 amide bonds. The number of nitrogens with zero attached hydrogens (tertiary/aromatic N) is 2. The van der Waals surface area contributed by atoms with Crippen LogP contribution in [0.2, 0.25) is 5.02 Å². The largest absolute Gasteiger partial charge is 0.348 e. The van der Waals surface area contributed by atoms with E-state index in [1.165, 1.54) is 24.8 Å². The Labute approximate surface area is 183 Å². The number of hydrogen-bond acceptors (Lipinski definition) is 3. The highest BCUT2D eigenvalue weighted by Crippen LogP contribution is 2.30. The first-order valence-corrected chi connectivity index (χ1v) is 11.2. The summed E-state index contributed by atoms with van der Waals surface area (Å²) in [6.07, 6.45) is 5.19. The molecule has 2 saturated heterocycles. The zero-order valence-corrected chi connectivity index (χ0v) is 18.0. The van der Waals surface area contributed by atoms with Crippen molar-refractivity contribution in [1.82, 2.24) is 10.2 Å². The highest BCUT2D eigenvalue weighted by atomic mass is 35.5. The van der Waals surface area contributed by atoms with Gasteiger partial charge in [0.2, 0.25) is 5.91 Å². The zero-order valence-electron chi connectivity index (χ0n) is 17.2. The summed E-state index contributed by atoms with van der Waals surface area (Å²) in [6.45, 7) is 4.33. The van der Waals surface area contributed by atoms with Crippen molar-refractivity contribution in [3.8, 4) is 0 Å². The maximum atomic E-state index is 12.8. The van der Waals surface area contributed by atoms with E-state index < -0.39 is 0 Å². The third kappa shape index (κ3) is 4.85. The first-order chi connectivity index (χ1) is 14.6. The lowest BCUT2D eigenvalue weighted by atomic mass is 10.0. The number of carbonyl (C=O) groups is 2. The maximum Gasteiger partial charge on any atom is 0.251 e. The molecule has 0 unspecified atom stereocenters. The van der Waals surface area contributed by atoms with Crippen LogP contribution in [-0.2, 0) is 17.9 Å². The lowest BCUT2D eigenvalue weighted by molar-refractivity contribution is -0.117. The lowest BCUT2D eigenvalue weighted by Gasteiger charge is -2.27. The van der Waals surface area contributed by atoms with E-state index in [0.717, 1.165) is 31.6 Å². The van der Waals surface area contributed by atoms with Gasteiger partial charge in [0.15, 0.2) is 0 Å². The molecular formula is C24H28ClN3O2. The zero-order chi connectivity index (χ0) is 20.9. The van der Waals surface area contributed by atoms with Gasteiger partial charge in [-0.05, 0) is 61.7 Å². The van der Waals surface area contributed by atoms with Gasteiger partial charge in [-0.2, -0.15) is 0 Å². The minimum Gasteiger partial charge on any atom is -0.348 e. The Morgan fingerprint density at radius 1 is 0.967 bits per heavy atom. The van der Waals surface area contributed by atoms with Crippen LogP contribution in [0, 0.1) is 0 Å². The molecular weight excluding hydrogens is 398 g/mol. The topological polar surface area (TPSA) is 52.7 Å². The molecule has 2 aliphatic rings. The van der Waals surface area contributed by atoms with Gasteiger partial charge in [0.25, 0.3) is 5.91 Å². The fraction of sp³-hybridized carbons (Fsp3) is 0.417. The van der Waals surface area contributed by atoms with Gasteiger partial charge in [-0.25, -0.2) is 0 Å². The minimum absolute atomic E-state index is 0.0566. The Hall–Kier alpha value is -2.37. The Bertz CT molecular complexity index is 924. The van der Waals surface area contributed by atoms with E-state index in [1.54, 1.807) is 23.1 Å². The summed E-state index contributed by atoms with van der Waals surface area (Å²) in [5.74, 6) is -0.103. The standard InChI is InChI=1S/C24H28ClN3O2/c25-21-11-10-18(15-22(21)28-14-6-9-23(28)29)24(30)26-16-19-7-2-3-8-20(19)17-27-12-4-1-5-13-27/h2-3,7-8,10-11,15H,1,4-6,9,12-14,16-17H2,(H,26,30). The van der Waals surface area contributed by atoms with Gasteiger partial charge in [-0.1, -0.05) is 42.3 Å². The van der Waals surface area contributed by atoms with Gasteiger partial charge in [0, 0.05) is 31.6 Å². The van der Waals surface area contributed by atoms with E-state index in [4.69, 9.17) is 11.6 Å². The number of rotatable bonds is 6. The van der Waals surface area contributed by atoms with Crippen molar-refractivity contribution in [3.05, 3.63) is 64.2 Å². The van der Waals surface area contributed by atoms with Gasteiger partial charge in [0.05, 0.1) is 10.7 Å². The highest BCUT2D eigenvalue weighted by Gasteiger charge is 2.24. The molecule has 2 aliphatic heterocycles. The summed E-state index contributed by atoms with van der Waals surface area (Å²) in [5.41, 5.74) is 3.54. The van der Waals surface area contributed by atoms with Crippen LogP contribution in [0.3, 0.4) is 0 Å². The molecule has 6 heteroatoms. The number of nitrogens with one attached hydrogen (secondary N) is 1. The van der Waals surface area contributed by atoms with Crippen LogP contribution in [0.25, 0.3) is 0 Å². The van der Waals surface area contributed by atoms with Gasteiger partial charge >= 0.3 is 0 Å². The highest BCUT2D eigenvalue weighted by molar-refractivity contribution is 6.34. The molecule has 0 bridgehead atoms. The van der Waals surface area contributed by atoms with Crippen LogP contribution < -0.4 is 10.2 Å². The molecule has 0 aliphatic carbocycles. The monoisotopic (exact) mass is 425 g/mol. The van der Waals surface area contributed by atoms with Crippen molar-refractivity contribution in [2.45, 2.75) is 45.2 Å². The number of carbonyl (C=O) groups excluding carboxylic acids is 2. The third-order valence-corrected chi connectivity index (χ3v) is 6.29. The number of anilines is 1.